The third kappa shape index (κ3) is 8.93. The van der Waals surface area contributed by atoms with Crippen molar-refractivity contribution in [2.24, 2.45) is 16.7 Å². The van der Waals surface area contributed by atoms with Crippen molar-refractivity contribution in [2.45, 2.75) is 128 Å². The number of aliphatic hydroxyl groups is 1. The third-order valence-electron chi connectivity index (χ3n) is 12.2. The number of nitrogens with zero attached hydrogens (tertiary/aromatic N) is 1. The van der Waals surface area contributed by atoms with Gasteiger partial charge in [0.1, 0.15) is 28.4 Å². The van der Waals surface area contributed by atoms with Gasteiger partial charge in [0.2, 0.25) is 0 Å². The predicted octanol–water partition coefficient (Wildman–Crippen LogP) is 14.6. The summed E-state index contributed by atoms with van der Waals surface area (Å²) in [7, 11) is 0. The zero-order valence-corrected chi connectivity index (χ0v) is 38.3. The van der Waals surface area contributed by atoms with E-state index in [0.29, 0.717) is 5.92 Å². The fourth-order valence-electron chi connectivity index (χ4n) is 7.32. The van der Waals surface area contributed by atoms with Crippen molar-refractivity contribution in [1.82, 2.24) is 4.98 Å². The van der Waals surface area contributed by atoms with E-state index in [0.717, 1.165) is 87.9 Å². The minimum atomic E-state index is -0.337. The van der Waals surface area contributed by atoms with Crippen molar-refractivity contribution in [1.29, 1.82) is 0 Å². The molecule has 301 valence electrons. The molecule has 3 heterocycles. The van der Waals surface area contributed by atoms with Crippen LogP contribution in [0.3, 0.4) is 0 Å². The van der Waals surface area contributed by atoms with Crippen LogP contribution in [0.4, 0.5) is 0 Å². The van der Waals surface area contributed by atoms with Crippen molar-refractivity contribution < 1.29 is 38.8 Å². The molecule has 6 heteroatoms. The molecule has 0 aliphatic rings. The van der Waals surface area contributed by atoms with Crippen LogP contribution in [0.15, 0.2) is 81.5 Å². The summed E-state index contributed by atoms with van der Waals surface area (Å²) in [6.07, 6.45) is 7.53. The Morgan fingerprint density at radius 3 is 2.07 bits per heavy atom. The maximum atomic E-state index is 12.2. The summed E-state index contributed by atoms with van der Waals surface area (Å²) in [5.41, 5.74) is 7.63. The van der Waals surface area contributed by atoms with E-state index < -0.39 is 0 Å². The standard InChI is InChI=1S/C35H34NO2.C15H28O2.Ir/c1-20(2)16-30-21(3)26-13-12-24(19-31(26)37-30)34-22(4)32-29(38-34)14-15-36-33(32)25-17-23-10-8-9-11-27(23)28(18-25)35(5,6)7;1-7-14(5,8-2)12(16)11-13(17)15(6,9-3)10-4;/h8-15,18-20H,16H2,1-7H3;11,16H,7-10H2,1-6H3;/q-1;;/b;12-11-;. The average Bonchev–Trinajstić information content (AvgIpc) is 3.67. The first-order valence-electron chi connectivity index (χ1n) is 20.2. The number of allylic oxidation sites excluding steroid dienone is 2. The quantitative estimate of drug-likeness (QED) is 0.0796. The van der Waals surface area contributed by atoms with Crippen LogP contribution in [0.25, 0.3) is 55.3 Å². The fourth-order valence-corrected chi connectivity index (χ4v) is 7.32. The van der Waals surface area contributed by atoms with Crippen LogP contribution in [0.2, 0.25) is 0 Å². The molecular weight excluding hydrogens is 871 g/mol. The number of hydrogen-bond acceptors (Lipinski definition) is 5. The van der Waals surface area contributed by atoms with Gasteiger partial charge in [-0.2, -0.15) is 0 Å². The van der Waals surface area contributed by atoms with Crippen LogP contribution >= 0.6 is 0 Å². The zero-order chi connectivity index (χ0) is 40.5. The summed E-state index contributed by atoms with van der Waals surface area (Å²) in [6.45, 7) is 27.6. The van der Waals surface area contributed by atoms with Crippen LogP contribution in [-0.2, 0) is 36.7 Å². The van der Waals surface area contributed by atoms with Crippen LogP contribution in [0.5, 0.6) is 0 Å². The predicted molar refractivity (Wildman–Crippen MR) is 231 cm³/mol. The van der Waals surface area contributed by atoms with Gasteiger partial charge >= 0.3 is 0 Å². The number of aliphatic hydroxyl groups excluding tert-OH is 1. The SMILES string of the molecule is CCC(C)(CC)C(=O)/C=C(\O)C(C)(CC)CC.Cc1c(CC(C)C)oc2cc(-c3oc4ccnc(-c5[c-]c6ccccc6c(C(C)(C)C)c5)c4c3C)ccc12.[Ir]. The van der Waals surface area contributed by atoms with E-state index in [2.05, 4.69) is 103 Å². The minimum Gasteiger partial charge on any atom is -0.512 e. The average molecular weight is 933 g/mol. The van der Waals surface area contributed by atoms with Gasteiger partial charge in [0, 0.05) is 71.7 Å². The number of ketones is 1. The van der Waals surface area contributed by atoms with E-state index in [1.165, 1.54) is 28.0 Å². The number of rotatable bonds is 11. The van der Waals surface area contributed by atoms with E-state index >= 15 is 0 Å². The molecule has 0 amide bonds. The Balaban J connectivity index is 0.000000330. The summed E-state index contributed by atoms with van der Waals surface area (Å²) in [5.74, 6) is 2.76. The smallest absolute Gasteiger partial charge is 0.164 e. The molecule has 0 fully saturated rings. The number of benzene rings is 3. The van der Waals surface area contributed by atoms with Gasteiger partial charge < -0.3 is 13.9 Å². The first-order valence-corrected chi connectivity index (χ1v) is 20.2. The van der Waals surface area contributed by atoms with Gasteiger partial charge in [-0.05, 0) is 74.1 Å². The Labute approximate surface area is 348 Å². The van der Waals surface area contributed by atoms with E-state index in [4.69, 9.17) is 13.8 Å². The molecule has 0 saturated carbocycles. The zero-order valence-electron chi connectivity index (χ0n) is 35.9. The molecule has 0 saturated heterocycles. The molecule has 1 radical (unpaired) electrons. The van der Waals surface area contributed by atoms with Gasteiger partial charge in [0.15, 0.2) is 5.78 Å². The van der Waals surface area contributed by atoms with Gasteiger partial charge in [-0.1, -0.05) is 117 Å². The van der Waals surface area contributed by atoms with Crippen molar-refractivity contribution in [3.05, 3.63) is 101 Å². The molecule has 0 spiro atoms. The maximum absolute atomic E-state index is 12.2. The van der Waals surface area contributed by atoms with Gasteiger partial charge in [0.05, 0.1) is 0 Å². The van der Waals surface area contributed by atoms with E-state index in [1.807, 2.05) is 53.8 Å². The number of fused-ring (bicyclic) bond motifs is 3. The summed E-state index contributed by atoms with van der Waals surface area (Å²) in [4.78, 5) is 17.0. The minimum absolute atomic E-state index is 0. The second-order valence-electron chi connectivity index (χ2n) is 17.4. The number of furan rings is 2. The largest absolute Gasteiger partial charge is 0.512 e. The molecule has 5 nitrogen and oxygen atoms in total. The van der Waals surface area contributed by atoms with Crippen LogP contribution in [0, 0.1) is 36.7 Å². The van der Waals surface area contributed by atoms with Gasteiger partial charge in [0.25, 0.3) is 0 Å². The Bertz CT molecular complexity index is 2340. The third-order valence-corrected chi connectivity index (χ3v) is 12.2. The molecule has 0 atom stereocenters. The summed E-state index contributed by atoms with van der Waals surface area (Å²) in [6, 6.07) is 22.8. The van der Waals surface area contributed by atoms with Gasteiger partial charge in [-0.15, -0.1) is 29.1 Å². The van der Waals surface area contributed by atoms with Crippen molar-refractivity contribution in [3.8, 4) is 22.6 Å². The van der Waals surface area contributed by atoms with Crippen LogP contribution in [0.1, 0.15) is 124 Å². The number of pyridine rings is 1. The summed E-state index contributed by atoms with van der Waals surface area (Å²) < 4.78 is 12.8. The number of aryl methyl sites for hydroxylation is 2. The second-order valence-corrected chi connectivity index (χ2v) is 17.4. The Kier molecular flexibility index (Phi) is 14.1. The molecule has 1 N–H and O–H groups in total. The monoisotopic (exact) mass is 933 g/mol. The molecule has 3 aromatic carbocycles. The van der Waals surface area contributed by atoms with Crippen LogP contribution in [-0.4, -0.2) is 15.9 Å². The number of aromatic nitrogens is 1. The maximum Gasteiger partial charge on any atom is 0.164 e. The molecule has 6 aromatic rings. The molecule has 0 aliphatic heterocycles. The van der Waals surface area contributed by atoms with E-state index in [9.17, 15) is 9.90 Å². The molecule has 0 aliphatic carbocycles. The Hall–Kier alpha value is -3.99. The first kappa shape index (κ1) is 44.7. The first-order chi connectivity index (χ1) is 25.9. The molecule has 56 heavy (non-hydrogen) atoms. The molecule has 3 aromatic heterocycles. The number of carbonyl (C=O) groups excluding carboxylic acids is 1. The summed E-state index contributed by atoms with van der Waals surface area (Å²) >= 11 is 0. The molecular formula is C50H62IrNO4-. The number of carbonyl (C=O) groups is 1. The van der Waals surface area contributed by atoms with Crippen molar-refractivity contribution in [2.75, 3.05) is 0 Å². The topological polar surface area (TPSA) is 76.5 Å². The van der Waals surface area contributed by atoms with E-state index in [-0.39, 0.29) is 47.9 Å². The Morgan fingerprint density at radius 1 is 0.821 bits per heavy atom. The van der Waals surface area contributed by atoms with Crippen molar-refractivity contribution in [3.63, 3.8) is 0 Å². The van der Waals surface area contributed by atoms with Crippen molar-refractivity contribution >= 4 is 38.5 Å². The van der Waals surface area contributed by atoms with E-state index in [1.54, 1.807) is 0 Å². The normalized spacial score (nSPS) is 12.6. The van der Waals surface area contributed by atoms with Gasteiger partial charge in [-0.3, -0.25) is 9.78 Å². The van der Waals surface area contributed by atoms with Crippen LogP contribution < -0.4 is 0 Å². The van der Waals surface area contributed by atoms with Gasteiger partial charge in [-0.25, -0.2) is 0 Å². The summed E-state index contributed by atoms with van der Waals surface area (Å²) in [5, 5.41) is 14.7. The second kappa shape index (κ2) is 17.7. The molecule has 0 bridgehead atoms. The number of hydrogen-bond donors (Lipinski definition) is 1. The molecule has 0 unspecified atom stereocenters. The molecule has 6 rings (SSSR count). The Morgan fingerprint density at radius 2 is 1.46 bits per heavy atom. The fraction of sp³-hybridized carbons (Fsp3) is 0.440.